The lowest BCUT2D eigenvalue weighted by molar-refractivity contribution is -0.119. The summed E-state index contributed by atoms with van der Waals surface area (Å²) in [5.74, 6) is 1.67. The minimum Gasteiger partial charge on any atom is -0.489 e. The summed E-state index contributed by atoms with van der Waals surface area (Å²) in [4.78, 5) is 11.8. The van der Waals surface area contributed by atoms with Crippen LogP contribution in [-0.4, -0.2) is 5.78 Å². The zero-order chi connectivity index (χ0) is 17.4. The van der Waals surface area contributed by atoms with Crippen LogP contribution >= 0.6 is 0 Å². The Morgan fingerprint density at radius 2 is 1.88 bits per heavy atom. The van der Waals surface area contributed by atoms with E-state index in [0.29, 0.717) is 31.1 Å². The number of carbonyl (C=O) groups excluding carboxylic acids is 1. The molecule has 24 heavy (non-hydrogen) atoms. The molecule has 0 N–H and O–H groups in total. The SMILES string of the molecule is CCCC(=O)CC(C)Cc1ccc(OCc2ccccc2)cc1C. The average molecular weight is 324 g/mol. The number of benzene rings is 2. The molecule has 1 atom stereocenters. The Hall–Kier alpha value is -2.09. The van der Waals surface area contributed by atoms with Gasteiger partial charge in [-0.15, -0.1) is 0 Å². The van der Waals surface area contributed by atoms with Gasteiger partial charge in [-0.2, -0.15) is 0 Å². The summed E-state index contributed by atoms with van der Waals surface area (Å²) in [6.45, 7) is 6.92. The summed E-state index contributed by atoms with van der Waals surface area (Å²) in [5, 5.41) is 0. The van der Waals surface area contributed by atoms with Gasteiger partial charge in [0.25, 0.3) is 0 Å². The van der Waals surface area contributed by atoms with Gasteiger partial charge in [0, 0.05) is 12.8 Å². The number of hydrogen-bond donors (Lipinski definition) is 0. The van der Waals surface area contributed by atoms with Crippen molar-refractivity contribution in [2.45, 2.75) is 53.1 Å². The minimum atomic E-state index is 0.380. The number of hydrogen-bond acceptors (Lipinski definition) is 2. The summed E-state index contributed by atoms with van der Waals surface area (Å²) in [7, 11) is 0. The van der Waals surface area contributed by atoms with Crippen LogP contribution in [0.2, 0.25) is 0 Å². The van der Waals surface area contributed by atoms with Crippen LogP contribution < -0.4 is 4.74 Å². The Labute approximate surface area is 145 Å². The molecule has 0 amide bonds. The van der Waals surface area contributed by atoms with Crippen LogP contribution in [0.5, 0.6) is 5.75 Å². The maximum absolute atomic E-state index is 11.8. The van der Waals surface area contributed by atoms with Gasteiger partial charge in [0.2, 0.25) is 0 Å². The van der Waals surface area contributed by atoms with Gasteiger partial charge in [0.15, 0.2) is 0 Å². The lowest BCUT2D eigenvalue weighted by Crippen LogP contribution is -2.08. The molecule has 2 aromatic carbocycles. The topological polar surface area (TPSA) is 26.3 Å². The molecule has 0 aliphatic heterocycles. The molecule has 0 aliphatic rings. The van der Waals surface area contributed by atoms with Crippen molar-refractivity contribution in [2.24, 2.45) is 5.92 Å². The van der Waals surface area contributed by atoms with Gasteiger partial charge >= 0.3 is 0 Å². The zero-order valence-electron chi connectivity index (χ0n) is 15.0. The monoisotopic (exact) mass is 324 g/mol. The first-order chi connectivity index (χ1) is 11.6. The van der Waals surface area contributed by atoms with Crippen molar-refractivity contribution in [3.63, 3.8) is 0 Å². The highest BCUT2D eigenvalue weighted by Gasteiger charge is 2.11. The van der Waals surface area contributed by atoms with Crippen molar-refractivity contribution in [3.05, 3.63) is 65.2 Å². The van der Waals surface area contributed by atoms with Crippen molar-refractivity contribution in [1.29, 1.82) is 0 Å². The predicted octanol–water partition coefficient (Wildman–Crippen LogP) is 5.51. The van der Waals surface area contributed by atoms with Crippen molar-refractivity contribution in [2.75, 3.05) is 0 Å². The molecule has 0 aromatic heterocycles. The van der Waals surface area contributed by atoms with Crippen LogP contribution in [0.15, 0.2) is 48.5 Å². The first kappa shape index (κ1) is 18.3. The van der Waals surface area contributed by atoms with Gasteiger partial charge in [0.1, 0.15) is 18.1 Å². The normalized spacial score (nSPS) is 12.0. The average Bonchev–Trinajstić information content (AvgIpc) is 2.56. The maximum Gasteiger partial charge on any atom is 0.133 e. The van der Waals surface area contributed by atoms with Crippen LogP contribution in [0.4, 0.5) is 0 Å². The largest absolute Gasteiger partial charge is 0.489 e. The zero-order valence-corrected chi connectivity index (χ0v) is 15.0. The molecule has 2 nitrogen and oxygen atoms in total. The Balaban J connectivity index is 1.90. The Morgan fingerprint density at radius 3 is 2.54 bits per heavy atom. The highest BCUT2D eigenvalue weighted by Crippen LogP contribution is 2.22. The first-order valence-corrected chi connectivity index (χ1v) is 8.86. The standard InChI is InChI=1S/C22H28O2/c1-4-8-21(23)14-17(2)13-20-11-12-22(15-18(20)3)24-16-19-9-6-5-7-10-19/h5-7,9-12,15,17H,4,8,13-14,16H2,1-3H3. The number of carbonyl (C=O) groups is 1. The minimum absolute atomic E-state index is 0.380. The molecule has 0 radical (unpaired) electrons. The number of ketones is 1. The summed E-state index contributed by atoms with van der Waals surface area (Å²) >= 11 is 0. The van der Waals surface area contributed by atoms with Crippen molar-refractivity contribution < 1.29 is 9.53 Å². The van der Waals surface area contributed by atoms with E-state index in [1.807, 2.05) is 24.3 Å². The molecule has 0 spiro atoms. The summed E-state index contributed by atoms with van der Waals surface area (Å²) < 4.78 is 5.88. The van der Waals surface area contributed by atoms with E-state index in [4.69, 9.17) is 4.74 Å². The molecule has 0 saturated carbocycles. The molecule has 0 bridgehead atoms. The molecule has 0 fully saturated rings. The van der Waals surface area contributed by atoms with Crippen molar-refractivity contribution in [1.82, 2.24) is 0 Å². The second-order valence-electron chi connectivity index (χ2n) is 6.66. The fraction of sp³-hybridized carbons (Fsp3) is 0.409. The van der Waals surface area contributed by atoms with Gasteiger partial charge in [-0.25, -0.2) is 0 Å². The molecular weight excluding hydrogens is 296 g/mol. The quantitative estimate of drug-likeness (QED) is 0.608. The van der Waals surface area contributed by atoms with Crippen molar-refractivity contribution >= 4 is 5.78 Å². The van der Waals surface area contributed by atoms with E-state index in [2.05, 4.69) is 45.0 Å². The highest BCUT2D eigenvalue weighted by atomic mass is 16.5. The molecule has 0 saturated heterocycles. The van der Waals surface area contributed by atoms with E-state index in [1.54, 1.807) is 0 Å². The van der Waals surface area contributed by atoms with Crippen LogP contribution in [0.3, 0.4) is 0 Å². The third-order valence-corrected chi connectivity index (χ3v) is 4.24. The molecule has 1 unspecified atom stereocenters. The highest BCUT2D eigenvalue weighted by molar-refractivity contribution is 5.78. The van der Waals surface area contributed by atoms with Gasteiger partial charge in [-0.05, 0) is 54.5 Å². The van der Waals surface area contributed by atoms with E-state index < -0.39 is 0 Å². The molecule has 0 aliphatic carbocycles. The summed E-state index contributed by atoms with van der Waals surface area (Å²) in [6, 6.07) is 16.4. The number of Topliss-reactive ketones (excluding diaryl/α,β-unsaturated/α-hetero) is 1. The van der Waals surface area contributed by atoms with Gasteiger partial charge in [-0.3, -0.25) is 4.79 Å². The van der Waals surface area contributed by atoms with Crippen molar-refractivity contribution in [3.8, 4) is 5.75 Å². The van der Waals surface area contributed by atoms with Gasteiger partial charge in [0.05, 0.1) is 0 Å². The predicted molar refractivity (Wildman–Crippen MR) is 99.4 cm³/mol. The fourth-order valence-corrected chi connectivity index (χ4v) is 2.95. The molecule has 2 aromatic rings. The number of aryl methyl sites for hydroxylation is 1. The Morgan fingerprint density at radius 1 is 1.12 bits per heavy atom. The fourth-order valence-electron chi connectivity index (χ4n) is 2.95. The molecular formula is C22H28O2. The molecule has 0 heterocycles. The third kappa shape index (κ3) is 5.84. The second-order valence-corrected chi connectivity index (χ2v) is 6.66. The van der Waals surface area contributed by atoms with Crippen LogP contribution in [0, 0.1) is 12.8 Å². The number of ether oxygens (including phenoxy) is 1. The lowest BCUT2D eigenvalue weighted by Gasteiger charge is -2.14. The molecule has 128 valence electrons. The third-order valence-electron chi connectivity index (χ3n) is 4.24. The van der Waals surface area contributed by atoms with E-state index in [-0.39, 0.29) is 0 Å². The van der Waals surface area contributed by atoms with E-state index >= 15 is 0 Å². The van der Waals surface area contributed by atoms with Crippen LogP contribution in [-0.2, 0) is 17.8 Å². The smallest absolute Gasteiger partial charge is 0.133 e. The summed E-state index contributed by atoms with van der Waals surface area (Å²) in [6.07, 6.45) is 3.27. The van der Waals surface area contributed by atoms with Crippen LogP contribution in [0.25, 0.3) is 0 Å². The lowest BCUT2D eigenvalue weighted by atomic mass is 9.92. The van der Waals surface area contributed by atoms with E-state index in [0.717, 1.165) is 18.6 Å². The Kier molecular flexibility index (Phi) is 7.05. The van der Waals surface area contributed by atoms with Crippen LogP contribution in [0.1, 0.15) is 49.8 Å². The van der Waals surface area contributed by atoms with Gasteiger partial charge < -0.3 is 4.74 Å². The van der Waals surface area contributed by atoms with Gasteiger partial charge in [-0.1, -0.05) is 50.2 Å². The second kappa shape index (κ2) is 9.27. The maximum atomic E-state index is 11.8. The van der Waals surface area contributed by atoms with E-state index in [1.165, 1.54) is 16.7 Å². The summed E-state index contributed by atoms with van der Waals surface area (Å²) in [5.41, 5.74) is 3.71. The molecule has 2 rings (SSSR count). The molecule has 2 heteroatoms. The Bertz CT molecular complexity index is 646. The first-order valence-electron chi connectivity index (χ1n) is 8.86. The number of rotatable bonds is 9. The van der Waals surface area contributed by atoms with E-state index in [9.17, 15) is 4.79 Å².